The first-order chi connectivity index (χ1) is 14.0. The van der Waals surface area contributed by atoms with Gasteiger partial charge in [0.15, 0.2) is 5.96 Å². The molecule has 0 heterocycles. The second-order valence-electron chi connectivity index (χ2n) is 6.53. The molecule has 0 aliphatic heterocycles. The number of nitrogens with zero attached hydrogens (tertiary/aromatic N) is 1. The number of benzene rings is 2. The molecule has 0 aliphatic carbocycles. The van der Waals surface area contributed by atoms with E-state index in [1.165, 1.54) is 6.92 Å². The fraction of sp³-hybridized carbons (Fsp3) is 0.318. The van der Waals surface area contributed by atoms with Crippen LogP contribution >= 0.6 is 24.0 Å². The van der Waals surface area contributed by atoms with Gasteiger partial charge in [-0.1, -0.05) is 24.3 Å². The molecule has 0 fully saturated rings. The number of hydrogen-bond acceptors (Lipinski definition) is 3. The molecule has 0 bridgehead atoms. The maximum atomic E-state index is 11.8. The van der Waals surface area contributed by atoms with Crippen LogP contribution in [0.25, 0.3) is 0 Å². The van der Waals surface area contributed by atoms with E-state index in [9.17, 15) is 9.59 Å². The zero-order valence-electron chi connectivity index (χ0n) is 17.6. The van der Waals surface area contributed by atoms with Crippen molar-refractivity contribution in [3.05, 3.63) is 65.2 Å². The van der Waals surface area contributed by atoms with Crippen molar-refractivity contribution >= 4 is 47.4 Å². The maximum Gasteiger partial charge on any atom is 0.251 e. The zero-order valence-corrected chi connectivity index (χ0v) is 19.9. The van der Waals surface area contributed by atoms with Gasteiger partial charge in [0, 0.05) is 38.3 Å². The van der Waals surface area contributed by atoms with Crippen LogP contribution in [0.4, 0.5) is 5.69 Å². The molecule has 0 radical (unpaired) electrons. The van der Waals surface area contributed by atoms with E-state index in [-0.39, 0.29) is 35.8 Å². The summed E-state index contributed by atoms with van der Waals surface area (Å²) >= 11 is 0. The Morgan fingerprint density at radius 2 is 1.73 bits per heavy atom. The average molecular weight is 523 g/mol. The van der Waals surface area contributed by atoms with Crippen molar-refractivity contribution in [3.63, 3.8) is 0 Å². The van der Waals surface area contributed by atoms with Crippen LogP contribution in [0.2, 0.25) is 0 Å². The van der Waals surface area contributed by atoms with Gasteiger partial charge in [0.05, 0.1) is 6.54 Å². The van der Waals surface area contributed by atoms with E-state index < -0.39 is 0 Å². The highest BCUT2D eigenvalue weighted by molar-refractivity contribution is 14.0. The number of halogens is 1. The summed E-state index contributed by atoms with van der Waals surface area (Å²) in [5.41, 5.74) is 3.51. The minimum Gasteiger partial charge on any atom is -0.357 e. The van der Waals surface area contributed by atoms with Gasteiger partial charge in [0.25, 0.3) is 5.91 Å². The average Bonchev–Trinajstić information content (AvgIpc) is 2.71. The Morgan fingerprint density at radius 1 is 1.00 bits per heavy atom. The van der Waals surface area contributed by atoms with Crippen LogP contribution in [-0.4, -0.2) is 37.9 Å². The predicted molar refractivity (Wildman–Crippen MR) is 133 cm³/mol. The lowest BCUT2D eigenvalue weighted by molar-refractivity contribution is -0.114. The van der Waals surface area contributed by atoms with Gasteiger partial charge in [-0.2, -0.15) is 0 Å². The van der Waals surface area contributed by atoms with E-state index in [2.05, 4.69) is 26.3 Å². The zero-order chi connectivity index (χ0) is 21.1. The molecule has 2 amide bonds. The summed E-state index contributed by atoms with van der Waals surface area (Å²) in [5.74, 6) is 0.539. The first kappa shape index (κ1) is 25.4. The lowest BCUT2D eigenvalue weighted by Gasteiger charge is -2.12. The van der Waals surface area contributed by atoms with Crippen molar-refractivity contribution in [3.8, 4) is 0 Å². The maximum absolute atomic E-state index is 11.8. The van der Waals surface area contributed by atoms with Gasteiger partial charge in [-0.25, -0.2) is 4.99 Å². The fourth-order valence-corrected chi connectivity index (χ4v) is 2.80. The minimum atomic E-state index is -0.0962. The van der Waals surface area contributed by atoms with Gasteiger partial charge < -0.3 is 21.3 Å². The van der Waals surface area contributed by atoms with E-state index in [1.54, 1.807) is 13.1 Å². The van der Waals surface area contributed by atoms with Crippen LogP contribution < -0.4 is 21.3 Å². The number of carbonyl (C=O) groups excluding carboxylic acids is 2. The molecule has 4 N–H and O–H groups in total. The van der Waals surface area contributed by atoms with E-state index in [1.807, 2.05) is 49.4 Å². The van der Waals surface area contributed by atoms with Gasteiger partial charge >= 0.3 is 0 Å². The smallest absolute Gasteiger partial charge is 0.251 e. The number of hydrogen-bond donors (Lipinski definition) is 4. The topological polar surface area (TPSA) is 94.6 Å². The van der Waals surface area contributed by atoms with Gasteiger partial charge in [0.1, 0.15) is 0 Å². The van der Waals surface area contributed by atoms with E-state index in [0.29, 0.717) is 18.7 Å². The number of amides is 2. The molecule has 0 aliphatic rings. The van der Waals surface area contributed by atoms with Crippen molar-refractivity contribution < 1.29 is 9.59 Å². The van der Waals surface area contributed by atoms with Crippen LogP contribution in [0.5, 0.6) is 0 Å². The van der Waals surface area contributed by atoms with Crippen LogP contribution in [0.3, 0.4) is 0 Å². The van der Waals surface area contributed by atoms with Crippen LogP contribution in [-0.2, 0) is 17.8 Å². The molecular formula is C22H30IN5O2. The van der Waals surface area contributed by atoms with Crippen molar-refractivity contribution in [2.45, 2.75) is 26.8 Å². The third-order valence-electron chi connectivity index (χ3n) is 4.13. The lowest BCUT2D eigenvalue weighted by Crippen LogP contribution is -2.38. The summed E-state index contributed by atoms with van der Waals surface area (Å²) < 4.78 is 0. The monoisotopic (exact) mass is 523 g/mol. The summed E-state index contributed by atoms with van der Waals surface area (Å²) in [7, 11) is 1.63. The Kier molecular flexibility index (Phi) is 11.5. The molecule has 2 aromatic carbocycles. The van der Waals surface area contributed by atoms with E-state index in [0.717, 1.165) is 35.7 Å². The number of carbonyl (C=O) groups is 2. The van der Waals surface area contributed by atoms with Gasteiger partial charge in [-0.3, -0.25) is 9.59 Å². The molecule has 2 rings (SSSR count). The van der Waals surface area contributed by atoms with Gasteiger partial charge in [-0.15, -0.1) is 24.0 Å². The fourth-order valence-electron chi connectivity index (χ4n) is 2.80. The number of guanidine groups is 1. The Bertz CT molecular complexity index is 870. The molecule has 0 atom stereocenters. The Morgan fingerprint density at radius 3 is 2.43 bits per heavy atom. The lowest BCUT2D eigenvalue weighted by atomic mass is 10.1. The highest BCUT2D eigenvalue weighted by Gasteiger charge is 2.04. The molecule has 0 saturated carbocycles. The summed E-state index contributed by atoms with van der Waals surface area (Å²) in [6, 6.07) is 15.2. The normalized spacial score (nSPS) is 10.6. The quantitative estimate of drug-likeness (QED) is 0.243. The van der Waals surface area contributed by atoms with Crippen molar-refractivity contribution in [2.24, 2.45) is 4.99 Å². The summed E-state index contributed by atoms with van der Waals surface area (Å²) in [5, 5.41) is 12.0. The summed E-state index contributed by atoms with van der Waals surface area (Å²) in [4.78, 5) is 27.6. The molecule has 0 spiro atoms. The van der Waals surface area contributed by atoms with Crippen molar-refractivity contribution in [1.82, 2.24) is 16.0 Å². The molecular weight excluding hydrogens is 493 g/mol. The first-order valence-electron chi connectivity index (χ1n) is 9.71. The Labute approximate surface area is 195 Å². The van der Waals surface area contributed by atoms with Gasteiger partial charge in [-0.05, 0) is 48.7 Å². The minimum absolute atomic E-state index is 0. The van der Waals surface area contributed by atoms with Crippen molar-refractivity contribution in [2.75, 3.05) is 25.5 Å². The standard InChI is InChI=1S/C22H29N5O2.HI/c1-4-24-22(26-15-18-8-6-10-20(14-18)27-16(2)28)25-12-11-17-7-5-9-19(13-17)21(29)23-3;/h5-10,13-14H,4,11-12,15H2,1-3H3,(H,23,29)(H,27,28)(H2,24,25,26);1H. The number of aliphatic imine (C=N–C) groups is 1. The van der Waals surface area contributed by atoms with Crippen LogP contribution in [0, 0.1) is 0 Å². The second kappa shape index (κ2) is 13.6. The second-order valence-corrected chi connectivity index (χ2v) is 6.53. The molecule has 162 valence electrons. The molecule has 0 aromatic heterocycles. The summed E-state index contributed by atoms with van der Waals surface area (Å²) in [6.45, 7) is 5.44. The number of nitrogens with one attached hydrogen (secondary N) is 4. The van der Waals surface area contributed by atoms with E-state index >= 15 is 0 Å². The number of rotatable bonds is 8. The summed E-state index contributed by atoms with van der Waals surface area (Å²) in [6.07, 6.45) is 0.771. The third-order valence-corrected chi connectivity index (χ3v) is 4.13. The van der Waals surface area contributed by atoms with Gasteiger partial charge in [0.2, 0.25) is 5.91 Å². The molecule has 0 saturated heterocycles. The first-order valence-corrected chi connectivity index (χ1v) is 9.71. The van der Waals surface area contributed by atoms with Crippen LogP contribution in [0.1, 0.15) is 35.3 Å². The predicted octanol–water partition coefficient (Wildman–Crippen LogP) is 2.92. The Balaban J connectivity index is 0.00000450. The van der Waals surface area contributed by atoms with Crippen LogP contribution in [0.15, 0.2) is 53.5 Å². The SMILES string of the molecule is CCNC(=NCc1cccc(NC(C)=O)c1)NCCc1cccc(C(=O)NC)c1.I. The van der Waals surface area contributed by atoms with Crippen molar-refractivity contribution in [1.29, 1.82) is 0 Å². The number of anilines is 1. The third kappa shape index (κ3) is 8.81. The Hall–Kier alpha value is -2.62. The van der Waals surface area contributed by atoms with E-state index in [4.69, 9.17) is 0 Å². The molecule has 8 heteroatoms. The molecule has 7 nitrogen and oxygen atoms in total. The molecule has 0 unspecified atom stereocenters. The molecule has 30 heavy (non-hydrogen) atoms. The molecule has 2 aromatic rings. The highest BCUT2D eigenvalue weighted by atomic mass is 127. The largest absolute Gasteiger partial charge is 0.357 e. The highest BCUT2D eigenvalue weighted by Crippen LogP contribution is 2.11.